The molecule has 1 aliphatic heterocycles. The number of anilines is 1. The number of hydrogen-bond acceptors (Lipinski definition) is 5. The summed E-state index contributed by atoms with van der Waals surface area (Å²) >= 11 is 13.4. The summed E-state index contributed by atoms with van der Waals surface area (Å²) in [5, 5.41) is 12.7. The molecular formula is C39H37Cl2N5O4. The summed E-state index contributed by atoms with van der Waals surface area (Å²) in [5.74, 6) is -0.403. The van der Waals surface area contributed by atoms with Crippen LogP contribution in [0.2, 0.25) is 10.0 Å². The van der Waals surface area contributed by atoms with Crippen molar-refractivity contribution in [3.8, 4) is 16.9 Å². The van der Waals surface area contributed by atoms with Crippen LogP contribution in [0, 0.1) is 27.7 Å². The van der Waals surface area contributed by atoms with Crippen LogP contribution in [-0.2, 0) is 20.0 Å². The van der Waals surface area contributed by atoms with Gasteiger partial charge in [-0.25, -0.2) is 14.8 Å². The van der Waals surface area contributed by atoms with Crippen molar-refractivity contribution in [2.75, 3.05) is 18.1 Å². The lowest BCUT2D eigenvalue weighted by molar-refractivity contribution is 0.0698. The van der Waals surface area contributed by atoms with Crippen molar-refractivity contribution in [1.29, 1.82) is 0 Å². The number of benzene rings is 3. The lowest BCUT2D eigenvalue weighted by Crippen LogP contribution is -2.32. The van der Waals surface area contributed by atoms with E-state index in [9.17, 15) is 9.90 Å². The molecule has 6 aromatic rings. The summed E-state index contributed by atoms with van der Waals surface area (Å²) in [7, 11) is 1.81. The van der Waals surface area contributed by atoms with Crippen molar-refractivity contribution in [1.82, 2.24) is 19.1 Å². The monoisotopic (exact) mass is 709 g/mol. The Balaban J connectivity index is 1.38. The van der Waals surface area contributed by atoms with E-state index >= 15 is 4.79 Å². The van der Waals surface area contributed by atoms with Gasteiger partial charge in [-0.15, -0.1) is 0 Å². The number of para-hydroxylation sites is 1. The first-order valence-corrected chi connectivity index (χ1v) is 17.4. The maximum atomic E-state index is 15.0. The Morgan fingerprint density at radius 2 is 1.66 bits per heavy atom. The van der Waals surface area contributed by atoms with E-state index in [1.165, 1.54) is 0 Å². The molecule has 7 rings (SSSR count). The largest absolute Gasteiger partial charge is 0.494 e. The van der Waals surface area contributed by atoms with Gasteiger partial charge in [0.25, 0.3) is 5.91 Å². The van der Waals surface area contributed by atoms with E-state index in [1.807, 2.05) is 71.1 Å². The van der Waals surface area contributed by atoms with Crippen LogP contribution in [0.4, 0.5) is 5.69 Å². The lowest BCUT2D eigenvalue weighted by atomic mass is 9.97. The summed E-state index contributed by atoms with van der Waals surface area (Å²) in [6.07, 6.45) is 5.05. The second-order valence-corrected chi connectivity index (χ2v) is 13.8. The van der Waals surface area contributed by atoms with Crippen LogP contribution in [0.3, 0.4) is 0 Å². The van der Waals surface area contributed by atoms with Crippen LogP contribution in [0.1, 0.15) is 61.8 Å². The van der Waals surface area contributed by atoms with Gasteiger partial charge in [-0.1, -0.05) is 41.4 Å². The van der Waals surface area contributed by atoms with E-state index in [1.54, 1.807) is 28.1 Å². The summed E-state index contributed by atoms with van der Waals surface area (Å²) < 4.78 is 10.1. The molecule has 0 radical (unpaired) electrons. The number of ether oxygens (including phenoxy) is 1. The highest BCUT2D eigenvalue weighted by molar-refractivity contribution is 6.35. The smallest absolute Gasteiger partial charge is 0.337 e. The number of fused-ring (bicyclic) bond motifs is 4. The molecule has 0 aliphatic carbocycles. The van der Waals surface area contributed by atoms with Gasteiger partial charge in [0.2, 0.25) is 0 Å². The van der Waals surface area contributed by atoms with E-state index in [2.05, 4.69) is 14.5 Å². The summed E-state index contributed by atoms with van der Waals surface area (Å²) in [6.45, 7) is 9.29. The molecule has 11 heteroatoms. The van der Waals surface area contributed by atoms with Crippen LogP contribution >= 0.6 is 23.2 Å². The van der Waals surface area contributed by atoms with Gasteiger partial charge in [0.1, 0.15) is 17.8 Å². The fraction of sp³-hybridized carbons (Fsp3) is 0.282. The predicted molar refractivity (Wildman–Crippen MR) is 198 cm³/mol. The molecule has 1 N–H and O–H groups in total. The molecule has 0 saturated heterocycles. The number of carboxylic acids is 1. The third-order valence-corrected chi connectivity index (χ3v) is 10.6. The summed E-state index contributed by atoms with van der Waals surface area (Å²) in [4.78, 5) is 37.9. The molecule has 3 aromatic heterocycles. The Bertz CT molecular complexity index is 2320. The second kappa shape index (κ2) is 13.1. The maximum absolute atomic E-state index is 15.0. The van der Waals surface area contributed by atoms with Gasteiger partial charge in [-0.3, -0.25) is 4.79 Å². The van der Waals surface area contributed by atoms with Gasteiger partial charge in [-0.2, -0.15) is 0 Å². The molecule has 50 heavy (non-hydrogen) atoms. The van der Waals surface area contributed by atoms with E-state index in [0.29, 0.717) is 66.3 Å². The maximum Gasteiger partial charge on any atom is 0.337 e. The zero-order valence-electron chi connectivity index (χ0n) is 28.6. The third kappa shape index (κ3) is 5.58. The Morgan fingerprint density at radius 1 is 0.940 bits per heavy atom. The average molecular weight is 711 g/mol. The number of hydrogen-bond donors (Lipinski definition) is 1. The Morgan fingerprint density at radius 3 is 2.36 bits per heavy atom. The van der Waals surface area contributed by atoms with Crippen molar-refractivity contribution in [3.05, 3.63) is 104 Å². The summed E-state index contributed by atoms with van der Waals surface area (Å²) in [5.41, 5.74) is 9.15. The van der Waals surface area contributed by atoms with Crippen molar-refractivity contribution in [3.63, 3.8) is 0 Å². The first kappa shape index (κ1) is 33.6. The molecule has 4 heterocycles. The number of aromatic nitrogens is 4. The van der Waals surface area contributed by atoms with Gasteiger partial charge < -0.3 is 23.9 Å². The zero-order valence-corrected chi connectivity index (χ0v) is 30.1. The Kier molecular flexibility index (Phi) is 8.82. The van der Waals surface area contributed by atoms with Crippen LogP contribution < -0.4 is 9.64 Å². The lowest BCUT2D eigenvalue weighted by Gasteiger charge is -2.23. The van der Waals surface area contributed by atoms with Crippen LogP contribution in [0.15, 0.2) is 55.0 Å². The number of carboxylic acid groups (broad SMARTS) is 1. The van der Waals surface area contributed by atoms with Gasteiger partial charge >= 0.3 is 5.97 Å². The van der Waals surface area contributed by atoms with Gasteiger partial charge in [0, 0.05) is 64.6 Å². The summed E-state index contributed by atoms with van der Waals surface area (Å²) in [6, 6.07) is 13.3. The normalized spacial score (nSPS) is 13.3. The topological polar surface area (TPSA) is 102 Å². The minimum atomic E-state index is -1.01. The zero-order chi connectivity index (χ0) is 35.4. The van der Waals surface area contributed by atoms with E-state index in [-0.39, 0.29) is 11.5 Å². The Hall–Kier alpha value is -4.86. The van der Waals surface area contributed by atoms with Crippen LogP contribution in [0.5, 0.6) is 5.75 Å². The van der Waals surface area contributed by atoms with E-state index in [0.717, 1.165) is 60.9 Å². The average Bonchev–Trinajstić information content (AvgIpc) is 3.52. The van der Waals surface area contributed by atoms with Crippen LogP contribution in [-0.4, -0.2) is 49.2 Å². The molecule has 3 aromatic carbocycles. The highest BCUT2D eigenvalue weighted by atomic mass is 35.5. The molecule has 0 fully saturated rings. The number of rotatable bonds is 8. The molecule has 9 nitrogen and oxygen atoms in total. The van der Waals surface area contributed by atoms with Crippen molar-refractivity contribution in [2.24, 2.45) is 7.05 Å². The number of aryl methyl sites for hydroxylation is 7. The third-order valence-electron chi connectivity index (χ3n) is 9.72. The molecule has 0 saturated carbocycles. The molecular weight excluding hydrogens is 673 g/mol. The first-order chi connectivity index (χ1) is 24.0. The minimum absolute atomic E-state index is 0.149. The molecule has 1 amide bonds. The first-order valence-electron chi connectivity index (χ1n) is 16.6. The molecule has 0 bridgehead atoms. The standard InChI is InChI=1S/C39H37Cl2N5O4/c1-21-17-25(18-22(2)34(21)41)50-16-7-10-26-28-12-13-30(40)33(32-23(3)42-20-43-24(32)4)36(28)46-15-8-14-45(38(47)37(26)46)31-11-6-9-27-29(39(48)49)19-44(5)35(27)31/h6,9,11-13,17-20H,7-8,10,14-16H2,1-5H3,(H,48,49). The molecule has 0 unspecified atom stereocenters. The van der Waals surface area contributed by atoms with E-state index < -0.39 is 5.97 Å². The fourth-order valence-electron chi connectivity index (χ4n) is 7.52. The minimum Gasteiger partial charge on any atom is -0.494 e. The number of carbonyl (C=O) groups is 2. The highest BCUT2D eigenvalue weighted by Gasteiger charge is 2.33. The van der Waals surface area contributed by atoms with Crippen molar-refractivity contribution >= 4 is 62.6 Å². The predicted octanol–water partition coefficient (Wildman–Crippen LogP) is 8.89. The number of halogens is 2. The number of aromatic carboxylic acids is 1. The molecule has 0 spiro atoms. The van der Waals surface area contributed by atoms with Gasteiger partial charge in [0.05, 0.1) is 33.9 Å². The Labute approximate surface area is 300 Å². The second-order valence-electron chi connectivity index (χ2n) is 13.0. The van der Waals surface area contributed by atoms with Gasteiger partial charge in [-0.05, 0) is 87.9 Å². The van der Waals surface area contributed by atoms with Crippen LogP contribution in [0.25, 0.3) is 32.9 Å². The van der Waals surface area contributed by atoms with E-state index in [4.69, 9.17) is 27.9 Å². The molecule has 256 valence electrons. The van der Waals surface area contributed by atoms with Crippen molar-refractivity contribution < 1.29 is 19.4 Å². The highest BCUT2D eigenvalue weighted by Crippen LogP contribution is 2.43. The quantitative estimate of drug-likeness (QED) is 0.158. The number of amides is 1. The van der Waals surface area contributed by atoms with Crippen molar-refractivity contribution in [2.45, 2.75) is 53.5 Å². The van der Waals surface area contributed by atoms with Gasteiger partial charge in [0.15, 0.2) is 0 Å². The number of nitrogens with zero attached hydrogens (tertiary/aromatic N) is 5. The molecule has 0 atom stereocenters. The SMILES string of the molecule is Cc1cc(OCCCc2c3n(c4c(-c5c(C)ncnc5C)c(Cl)ccc24)CCCN(c2cccc4c(C(=O)O)cn(C)c24)C3=O)cc(C)c1Cl. The number of carbonyl (C=O) groups excluding carboxylic acids is 1. The molecule has 1 aliphatic rings. The fourth-order valence-corrected chi connectivity index (χ4v) is 7.87.